The zero-order chi connectivity index (χ0) is 12.8. The van der Waals surface area contributed by atoms with Gasteiger partial charge in [0.05, 0.1) is 0 Å². The Morgan fingerprint density at radius 1 is 1.59 bits per heavy atom. The summed E-state index contributed by atoms with van der Waals surface area (Å²) in [5.41, 5.74) is -1.02. The molecule has 0 spiro atoms. The zero-order valence-electron chi connectivity index (χ0n) is 9.21. The Bertz CT molecular complexity index is 499. The van der Waals surface area contributed by atoms with E-state index in [1.165, 1.54) is 6.07 Å². The average molecular weight is 305 g/mol. The Kier molecular flexibility index (Phi) is 2.77. The van der Waals surface area contributed by atoms with Gasteiger partial charge < -0.3 is 14.6 Å². The molecule has 1 aromatic rings. The van der Waals surface area contributed by atoms with E-state index in [1.54, 1.807) is 13.8 Å². The minimum absolute atomic E-state index is 0.127. The Labute approximate surface area is 105 Å². The lowest BCUT2D eigenvalue weighted by Crippen LogP contribution is -2.39. The molecule has 0 radical (unpaired) electrons. The van der Waals surface area contributed by atoms with Crippen LogP contribution in [0.2, 0.25) is 0 Å². The van der Waals surface area contributed by atoms with Crippen LogP contribution in [0.1, 0.15) is 24.2 Å². The van der Waals surface area contributed by atoms with Gasteiger partial charge >= 0.3 is 5.97 Å². The molecule has 1 heterocycles. The molecule has 1 aromatic carbocycles. The fraction of sp³-hybridized carbons (Fsp3) is 0.364. The minimum Gasteiger partial charge on any atom is -0.483 e. The van der Waals surface area contributed by atoms with Crippen LogP contribution in [0, 0.1) is 5.82 Å². The molecule has 0 atom stereocenters. The molecule has 17 heavy (non-hydrogen) atoms. The molecule has 0 unspecified atom stereocenters. The van der Waals surface area contributed by atoms with Crippen LogP contribution in [0.25, 0.3) is 0 Å². The molecule has 1 aliphatic rings. The Balaban J connectivity index is 2.59. The van der Waals surface area contributed by atoms with Crippen LogP contribution >= 0.6 is 15.9 Å². The first-order valence-electron chi connectivity index (χ1n) is 4.89. The number of carboxylic acid groups (broad SMARTS) is 1. The van der Waals surface area contributed by atoms with Gasteiger partial charge in [-0.2, -0.15) is 0 Å². The molecule has 6 heteroatoms. The van der Waals surface area contributed by atoms with Crippen molar-refractivity contribution in [3.8, 4) is 11.5 Å². The highest BCUT2D eigenvalue weighted by Crippen LogP contribution is 2.41. The van der Waals surface area contributed by atoms with Gasteiger partial charge in [-0.25, -0.2) is 9.18 Å². The summed E-state index contributed by atoms with van der Waals surface area (Å²) in [6.07, 6.45) is 0. The van der Waals surface area contributed by atoms with Crippen LogP contribution in [-0.4, -0.2) is 23.3 Å². The van der Waals surface area contributed by atoms with Crippen LogP contribution in [0.15, 0.2) is 10.5 Å². The second-order valence-electron chi connectivity index (χ2n) is 4.33. The number of benzene rings is 1. The van der Waals surface area contributed by atoms with Crippen molar-refractivity contribution in [2.75, 3.05) is 6.61 Å². The van der Waals surface area contributed by atoms with Crippen molar-refractivity contribution in [3.05, 3.63) is 21.9 Å². The fourth-order valence-electron chi connectivity index (χ4n) is 1.56. The lowest BCUT2D eigenvalue weighted by atomic mass is 10.1. The molecule has 1 N–H and O–H groups in total. The van der Waals surface area contributed by atoms with Gasteiger partial charge in [-0.05, 0) is 35.8 Å². The molecular weight excluding hydrogens is 295 g/mol. The van der Waals surface area contributed by atoms with E-state index in [-0.39, 0.29) is 22.6 Å². The number of carboxylic acids is 1. The fourth-order valence-corrected chi connectivity index (χ4v) is 2.11. The van der Waals surface area contributed by atoms with E-state index in [4.69, 9.17) is 14.6 Å². The highest BCUT2D eigenvalue weighted by atomic mass is 79.9. The average Bonchev–Trinajstić information content (AvgIpc) is 2.14. The number of aromatic carboxylic acids is 1. The molecule has 0 aromatic heterocycles. The topological polar surface area (TPSA) is 55.8 Å². The van der Waals surface area contributed by atoms with E-state index in [0.717, 1.165) is 0 Å². The van der Waals surface area contributed by atoms with Gasteiger partial charge in [0.2, 0.25) is 0 Å². The number of hydrogen-bond acceptors (Lipinski definition) is 3. The van der Waals surface area contributed by atoms with Crippen LogP contribution in [0.3, 0.4) is 0 Å². The SMILES string of the molecule is CC1(C)COc2c(cc(Br)c(C(=O)O)c2F)O1. The largest absolute Gasteiger partial charge is 0.483 e. The molecule has 1 aliphatic heterocycles. The van der Waals surface area contributed by atoms with E-state index < -0.39 is 23.0 Å². The standard InChI is InChI=1S/C11H10BrFO4/c1-11(2)4-16-9-6(17-11)3-5(12)7(8(9)13)10(14)15/h3H,4H2,1-2H3,(H,14,15). The summed E-state index contributed by atoms with van der Waals surface area (Å²) in [7, 11) is 0. The second kappa shape index (κ2) is 3.87. The number of fused-ring (bicyclic) bond motifs is 1. The third-order valence-corrected chi connectivity index (χ3v) is 2.93. The maximum Gasteiger partial charge on any atom is 0.340 e. The summed E-state index contributed by atoms with van der Waals surface area (Å²) in [5, 5.41) is 8.88. The molecule has 2 rings (SSSR count). The number of hydrogen-bond donors (Lipinski definition) is 1. The quantitative estimate of drug-likeness (QED) is 0.867. The van der Waals surface area contributed by atoms with Crippen LogP contribution in [0.4, 0.5) is 4.39 Å². The van der Waals surface area contributed by atoms with Gasteiger partial charge in [-0.3, -0.25) is 0 Å². The summed E-state index contributed by atoms with van der Waals surface area (Å²) in [6, 6.07) is 1.41. The van der Waals surface area contributed by atoms with Crippen molar-refractivity contribution in [1.29, 1.82) is 0 Å². The molecule has 0 saturated carbocycles. The van der Waals surface area contributed by atoms with Gasteiger partial charge in [0.15, 0.2) is 17.3 Å². The summed E-state index contributed by atoms with van der Waals surface area (Å²) < 4.78 is 24.8. The van der Waals surface area contributed by atoms with Crippen molar-refractivity contribution >= 4 is 21.9 Å². The molecular formula is C11H10BrFO4. The highest BCUT2D eigenvalue weighted by Gasteiger charge is 2.33. The van der Waals surface area contributed by atoms with Crippen LogP contribution < -0.4 is 9.47 Å². The summed E-state index contributed by atoms with van der Waals surface area (Å²) >= 11 is 3.01. The maximum atomic E-state index is 13.9. The lowest BCUT2D eigenvalue weighted by molar-refractivity contribution is 0.0181. The summed E-state index contributed by atoms with van der Waals surface area (Å²) in [5.74, 6) is -2.22. The maximum absolute atomic E-state index is 13.9. The number of ether oxygens (including phenoxy) is 2. The number of halogens is 2. The van der Waals surface area contributed by atoms with E-state index in [1.807, 2.05) is 0 Å². The zero-order valence-corrected chi connectivity index (χ0v) is 10.8. The first-order chi connectivity index (χ1) is 7.82. The smallest absolute Gasteiger partial charge is 0.340 e. The monoisotopic (exact) mass is 304 g/mol. The van der Waals surface area contributed by atoms with Crippen LogP contribution in [0.5, 0.6) is 11.5 Å². The van der Waals surface area contributed by atoms with E-state index >= 15 is 0 Å². The van der Waals surface area contributed by atoms with Crippen molar-refractivity contribution in [1.82, 2.24) is 0 Å². The van der Waals surface area contributed by atoms with Gasteiger partial charge in [-0.15, -0.1) is 0 Å². The molecule has 0 aliphatic carbocycles. The molecule has 0 amide bonds. The van der Waals surface area contributed by atoms with Crippen molar-refractivity contribution in [3.63, 3.8) is 0 Å². The molecule has 92 valence electrons. The van der Waals surface area contributed by atoms with E-state index in [0.29, 0.717) is 0 Å². The van der Waals surface area contributed by atoms with Crippen molar-refractivity contribution < 1.29 is 23.8 Å². The van der Waals surface area contributed by atoms with Crippen LogP contribution in [-0.2, 0) is 0 Å². The van der Waals surface area contributed by atoms with Crippen molar-refractivity contribution in [2.24, 2.45) is 0 Å². The first kappa shape index (κ1) is 12.2. The van der Waals surface area contributed by atoms with E-state index in [2.05, 4.69) is 15.9 Å². The normalized spacial score (nSPS) is 16.7. The molecule has 4 nitrogen and oxygen atoms in total. The summed E-state index contributed by atoms with van der Waals surface area (Å²) in [6.45, 7) is 3.76. The Morgan fingerprint density at radius 2 is 2.24 bits per heavy atom. The van der Waals surface area contributed by atoms with Gasteiger partial charge in [0.25, 0.3) is 0 Å². The van der Waals surface area contributed by atoms with Crippen molar-refractivity contribution in [2.45, 2.75) is 19.4 Å². The van der Waals surface area contributed by atoms with Gasteiger partial charge in [0.1, 0.15) is 17.8 Å². The molecule has 0 fully saturated rings. The molecule has 0 saturated heterocycles. The summed E-state index contributed by atoms with van der Waals surface area (Å²) in [4.78, 5) is 10.9. The minimum atomic E-state index is -1.36. The van der Waals surface area contributed by atoms with Gasteiger partial charge in [-0.1, -0.05) is 0 Å². The Hall–Kier alpha value is -1.30. The highest BCUT2D eigenvalue weighted by molar-refractivity contribution is 9.10. The Morgan fingerprint density at radius 3 is 2.82 bits per heavy atom. The third kappa shape index (κ3) is 2.09. The predicted octanol–water partition coefficient (Wildman–Crippen LogP) is 2.84. The molecule has 0 bridgehead atoms. The first-order valence-corrected chi connectivity index (χ1v) is 5.68. The lowest BCUT2D eigenvalue weighted by Gasteiger charge is -2.32. The second-order valence-corrected chi connectivity index (χ2v) is 5.18. The number of rotatable bonds is 1. The predicted molar refractivity (Wildman–Crippen MR) is 61.3 cm³/mol. The van der Waals surface area contributed by atoms with E-state index in [9.17, 15) is 9.18 Å². The third-order valence-electron chi connectivity index (χ3n) is 2.30. The number of carbonyl (C=O) groups is 1. The van der Waals surface area contributed by atoms with Gasteiger partial charge in [0, 0.05) is 4.47 Å².